The van der Waals surface area contributed by atoms with Crippen molar-refractivity contribution in [2.75, 3.05) is 37.6 Å². The number of rotatable bonds is 4. The molecule has 1 heterocycles. The number of piperazine rings is 1. The van der Waals surface area contributed by atoms with Gasteiger partial charge in [-0.2, -0.15) is 0 Å². The summed E-state index contributed by atoms with van der Waals surface area (Å²) in [6.07, 6.45) is -0.514. The van der Waals surface area contributed by atoms with Gasteiger partial charge < -0.3 is 10.0 Å². The Morgan fingerprint density at radius 1 is 1.15 bits per heavy atom. The Morgan fingerprint density at radius 3 is 2.30 bits per heavy atom. The maximum absolute atomic E-state index is 9.62. The first-order valence-corrected chi connectivity index (χ1v) is 7.80. The van der Waals surface area contributed by atoms with Crippen molar-refractivity contribution < 1.29 is 5.11 Å². The fraction of sp³-hybridized carbons (Fsp3) is 0.625. The van der Waals surface area contributed by atoms with Crippen LogP contribution in [0.1, 0.15) is 32.4 Å². The Hall–Kier alpha value is -0.770. The van der Waals surface area contributed by atoms with Crippen LogP contribution in [-0.2, 0) is 0 Å². The molecule has 1 aromatic rings. The zero-order valence-electron chi connectivity index (χ0n) is 12.6. The molecule has 0 spiro atoms. The van der Waals surface area contributed by atoms with Crippen LogP contribution in [0.3, 0.4) is 0 Å². The van der Waals surface area contributed by atoms with Crippen LogP contribution in [0.4, 0.5) is 5.69 Å². The molecule has 1 atom stereocenters. The van der Waals surface area contributed by atoms with Crippen molar-refractivity contribution in [2.24, 2.45) is 5.92 Å². The van der Waals surface area contributed by atoms with E-state index in [0.717, 1.165) is 43.3 Å². The Balaban J connectivity index is 1.98. The Kier molecular flexibility index (Phi) is 5.30. The second-order valence-corrected chi connectivity index (χ2v) is 6.47. The van der Waals surface area contributed by atoms with E-state index in [1.807, 2.05) is 12.1 Å². The number of halogens is 1. The molecule has 1 unspecified atom stereocenters. The number of hydrogen-bond acceptors (Lipinski definition) is 3. The quantitative estimate of drug-likeness (QED) is 0.924. The summed E-state index contributed by atoms with van der Waals surface area (Å²) in [7, 11) is 0. The smallest absolute Gasteiger partial charge is 0.0776 e. The summed E-state index contributed by atoms with van der Waals surface area (Å²) in [6.45, 7) is 11.7. The molecule has 20 heavy (non-hydrogen) atoms. The minimum atomic E-state index is -0.514. The maximum Gasteiger partial charge on any atom is 0.0776 e. The highest BCUT2D eigenvalue weighted by Gasteiger charge is 2.18. The number of benzene rings is 1. The number of nitrogens with zero attached hydrogens (tertiary/aromatic N) is 2. The Bertz CT molecular complexity index is 440. The van der Waals surface area contributed by atoms with Crippen LogP contribution in [0, 0.1) is 5.92 Å². The molecular formula is C16H25ClN2O. The Morgan fingerprint density at radius 2 is 1.80 bits per heavy atom. The molecule has 2 rings (SSSR count). The van der Waals surface area contributed by atoms with Gasteiger partial charge in [-0.15, -0.1) is 0 Å². The van der Waals surface area contributed by atoms with Crippen molar-refractivity contribution in [2.45, 2.75) is 26.9 Å². The number of anilines is 1. The molecule has 0 bridgehead atoms. The monoisotopic (exact) mass is 296 g/mol. The molecule has 3 nitrogen and oxygen atoms in total. The lowest BCUT2D eigenvalue weighted by atomic mass is 10.1. The third kappa shape index (κ3) is 3.87. The van der Waals surface area contributed by atoms with Gasteiger partial charge in [-0.25, -0.2) is 0 Å². The van der Waals surface area contributed by atoms with E-state index in [1.54, 1.807) is 6.92 Å². The average molecular weight is 297 g/mol. The third-order valence-electron chi connectivity index (χ3n) is 3.79. The van der Waals surface area contributed by atoms with E-state index in [2.05, 4.69) is 29.7 Å². The summed E-state index contributed by atoms with van der Waals surface area (Å²) in [6, 6.07) is 5.97. The largest absolute Gasteiger partial charge is 0.389 e. The van der Waals surface area contributed by atoms with Crippen molar-refractivity contribution in [3.05, 3.63) is 28.8 Å². The van der Waals surface area contributed by atoms with Crippen LogP contribution in [0.2, 0.25) is 5.02 Å². The number of aliphatic hydroxyl groups is 1. The van der Waals surface area contributed by atoms with Gasteiger partial charge in [-0.05, 0) is 30.5 Å². The van der Waals surface area contributed by atoms with Crippen LogP contribution in [-0.4, -0.2) is 42.7 Å². The molecule has 0 aromatic heterocycles. The van der Waals surface area contributed by atoms with E-state index in [-0.39, 0.29) is 0 Å². The molecule has 1 aliphatic rings. The van der Waals surface area contributed by atoms with E-state index in [1.165, 1.54) is 6.54 Å². The lowest BCUT2D eigenvalue weighted by molar-refractivity contribution is 0.199. The minimum Gasteiger partial charge on any atom is -0.389 e. The van der Waals surface area contributed by atoms with Crippen LogP contribution in [0.15, 0.2) is 18.2 Å². The van der Waals surface area contributed by atoms with Gasteiger partial charge in [0.15, 0.2) is 0 Å². The van der Waals surface area contributed by atoms with Gasteiger partial charge >= 0.3 is 0 Å². The average Bonchev–Trinajstić information content (AvgIpc) is 2.38. The van der Waals surface area contributed by atoms with Crippen LogP contribution in [0.25, 0.3) is 0 Å². The zero-order valence-corrected chi connectivity index (χ0v) is 13.4. The lowest BCUT2D eigenvalue weighted by Gasteiger charge is -2.37. The van der Waals surface area contributed by atoms with Gasteiger partial charge in [0, 0.05) is 43.4 Å². The van der Waals surface area contributed by atoms with E-state index in [0.29, 0.717) is 5.02 Å². The highest BCUT2D eigenvalue weighted by molar-refractivity contribution is 6.31. The van der Waals surface area contributed by atoms with Crippen molar-refractivity contribution >= 4 is 17.3 Å². The summed E-state index contributed by atoms with van der Waals surface area (Å²) in [5, 5.41) is 10.3. The first-order valence-electron chi connectivity index (χ1n) is 7.42. The van der Waals surface area contributed by atoms with Crippen LogP contribution >= 0.6 is 11.6 Å². The van der Waals surface area contributed by atoms with Gasteiger partial charge in [0.25, 0.3) is 0 Å². The standard InChI is InChI=1S/C16H25ClN2O/c1-12(2)11-18-6-8-19(9-7-18)14-4-5-15(13(3)20)16(17)10-14/h4-5,10,12-13,20H,6-9,11H2,1-3H3. The molecule has 1 fully saturated rings. The maximum atomic E-state index is 9.62. The molecule has 1 N–H and O–H groups in total. The van der Waals surface area contributed by atoms with Crippen LogP contribution in [0.5, 0.6) is 0 Å². The van der Waals surface area contributed by atoms with Gasteiger partial charge in [0.1, 0.15) is 0 Å². The van der Waals surface area contributed by atoms with Crippen molar-refractivity contribution in [3.8, 4) is 0 Å². The summed E-state index contributed by atoms with van der Waals surface area (Å²) in [4.78, 5) is 4.89. The molecule has 0 saturated carbocycles. The van der Waals surface area contributed by atoms with E-state index in [9.17, 15) is 5.11 Å². The fourth-order valence-corrected chi connectivity index (χ4v) is 3.09. The molecular weight excluding hydrogens is 272 g/mol. The minimum absolute atomic E-state index is 0.514. The van der Waals surface area contributed by atoms with E-state index in [4.69, 9.17) is 11.6 Å². The third-order valence-corrected chi connectivity index (χ3v) is 4.12. The summed E-state index contributed by atoms with van der Waals surface area (Å²) in [5.41, 5.74) is 1.96. The van der Waals surface area contributed by atoms with Gasteiger partial charge in [0.05, 0.1) is 6.10 Å². The molecule has 1 saturated heterocycles. The van der Waals surface area contributed by atoms with Crippen molar-refractivity contribution in [3.63, 3.8) is 0 Å². The molecule has 4 heteroatoms. The van der Waals surface area contributed by atoms with E-state index < -0.39 is 6.10 Å². The zero-order chi connectivity index (χ0) is 14.7. The van der Waals surface area contributed by atoms with E-state index >= 15 is 0 Å². The normalized spacial score (nSPS) is 18.6. The second kappa shape index (κ2) is 6.79. The van der Waals surface area contributed by atoms with Crippen molar-refractivity contribution in [1.29, 1.82) is 0 Å². The van der Waals surface area contributed by atoms with Gasteiger partial charge in [-0.3, -0.25) is 4.90 Å². The molecule has 1 aromatic carbocycles. The first kappa shape index (κ1) is 15.6. The predicted molar refractivity (Wildman–Crippen MR) is 85.6 cm³/mol. The first-order chi connectivity index (χ1) is 9.47. The summed E-state index contributed by atoms with van der Waals surface area (Å²) < 4.78 is 0. The SMILES string of the molecule is CC(C)CN1CCN(c2ccc(C(C)O)c(Cl)c2)CC1. The summed E-state index contributed by atoms with van der Waals surface area (Å²) >= 11 is 6.24. The molecule has 112 valence electrons. The number of aliphatic hydroxyl groups excluding tert-OH is 1. The highest BCUT2D eigenvalue weighted by Crippen LogP contribution is 2.28. The summed E-state index contributed by atoms with van der Waals surface area (Å²) in [5.74, 6) is 0.723. The predicted octanol–water partition coefficient (Wildman–Crippen LogP) is 3.17. The molecule has 0 aliphatic carbocycles. The fourth-order valence-electron chi connectivity index (χ4n) is 2.76. The highest BCUT2D eigenvalue weighted by atomic mass is 35.5. The second-order valence-electron chi connectivity index (χ2n) is 6.06. The van der Waals surface area contributed by atoms with Gasteiger partial charge in [-0.1, -0.05) is 31.5 Å². The lowest BCUT2D eigenvalue weighted by Crippen LogP contribution is -2.47. The van der Waals surface area contributed by atoms with Crippen LogP contribution < -0.4 is 4.90 Å². The Labute approximate surface area is 127 Å². The topological polar surface area (TPSA) is 26.7 Å². The molecule has 0 amide bonds. The number of hydrogen-bond donors (Lipinski definition) is 1. The molecule has 1 aliphatic heterocycles. The van der Waals surface area contributed by atoms with Crippen molar-refractivity contribution in [1.82, 2.24) is 4.90 Å². The molecule has 0 radical (unpaired) electrons. The van der Waals surface area contributed by atoms with Gasteiger partial charge in [0.2, 0.25) is 0 Å².